The topological polar surface area (TPSA) is 83.0 Å². The van der Waals surface area contributed by atoms with Crippen LogP contribution in [0.1, 0.15) is 41.4 Å². The summed E-state index contributed by atoms with van der Waals surface area (Å²) in [6.07, 6.45) is 20.4. The van der Waals surface area contributed by atoms with Crippen molar-refractivity contribution in [3.8, 4) is 22.3 Å². The van der Waals surface area contributed by atoms with Crippen molar-refractivity contribution in [2.45, 2.75) is 33.1 Å². The van der Waals surface area contributed by atoms with E-state index in [9.17, 15) is 0 Å². The number of hydrogen-bond acceptors (Lipinski definition) is 3. The molecule has 0 bridgehead atoms. The highest BCUT2D eigenvalue weighted by Crippen LogP contribution is 2.45. The molecule has 8 aromatic rings. The number of allylic oxidation sites excluding steroid dienone is 7. The molecule has 0 atom stereocenters. The van der Waals surface area contributed by atoms with Crippen LogP contribution in [0.3, 0.4) is 0 Å². The van der Waals surface area contributed by atoms with Crippen LogP contribution in [0.5, 0.6) is 0 Å². The van der Waals surface area contributed by atoms with Crippen molar-refractivity contribution in [1.82, 2.24) is 4.57 Å². The van der Waals surface area contributed by atoms with E-state index in [1.165, 1.54) is 87.7 Å². The first-order chi connectivity index (χ1) is 29.0. The summed E-state index contributed by atoms with van der Waals surface area (Å²) in [5.41, 5.74) is 32.3. The van der Waals surface area contributed by atoms with Gasteiger partial charge < -0.3 is 21.8 Å². The highest BCUT2D eigenvalue weighted by molar-refractivity contribution is 6.22. The predicted octanol–water partition coefficient (Wildman–Crippen LogP) is 13.0. The highest BCUT2D eigenvalue weighted by atomic mass is 15.0. The molecule has 0 saturated heterocycles. The van der Waals surface area contributed by atoms with Gasteiger partial charge in [-0.3, -0.25) is 0 Å². The second-order valence-corrected chi connectivity index (χ2v) is 15.5. The largest absolute Gasteiger partial charge is 0.405 e. The molecule has 0 spiro atoms. The molecule has 0 radical (unpaired) electrons. The fourth-order valence-corrected chi connectivity index (χ4v) is 9.06. The molecule has 288 valence electrons. The van der Waals surface area contributed by atoms with Crippen molar-refractivity contribution >= 4 is 60.9 Å². The molecule has 4 nitrogen and oxygen atoms in total. The summed E-state index contributed by atoms with van der Waals surface area (Å²) < 4.78 is 2.23. The third kappa shape index (κ3) is 6.83. The van der Waals surface area contributed by atoms with E-state index >= 15 is 0 Å². The van der Waals surface area contributed by atoms with Crippen molar-refractivity contribution in [2.75, 3.05) is 0 Å². The zero-order valence-electron chi connectivity index (χ0n) is 33.6. The van der Waals surface area contributed by atoms with Gasteiger partial charge in [0.25, 0.3) is 0 Å². The van der Waals surface area contributed by atoms with Crippen LogP contribution in [-0.2, 0) is 12.8 Å². The lowest BCUT2D eigenvalue weighted by Gasteiger charge is -2.19. The molecule has 1 aromatic heterocycles. The summed E-state index contributed by atoms with van der Waals surface area (Å²) in [4.78, 5) is 0. The van der Waals surface area contributed by atoms with Crippen molar-refractivity contribution in [1.29, 1.82) is 0 Å². The minimum Gasteiger partial charge on any atom is -0.405 e. The third-order valence-corrected chi connectivity index (χ3v) is 11.9. The zero-order valence-corrected chi connectivity index (χ0v) is 33.6. The summed E-state index contributed by atoms with van der Waals surface area (Å²) in [5, 5.41) is 9.89. The summed E-state index contributed by atoms with van der Waals surface area (Å²) in [7, 11) is 0. The van der Waals surface area contributed by atoms with Gasteiger partial charge in [-0.1, -0.05) is 140 Å². The first-order valence-corrected chi connectivity index (χ1v) is 20.4. The number of nitrogens with zero attached hydrogens (tertiary/aromatic N) is 1. The van der Waals surface area contributed by atoms with E-state index in [-0.39, 0.29) is 0 Å². The smallest absolute Gasteiger partial charge is 0.0616 e. The maximum absolute atomic E-state index is 6.34. The molecule has 1 heterocycles. The Kier molecular flexibility index (Phi) is 10.1. The van der Waals surface area contributed by atoms with Crippen LogP contribution >= 0.6 is 0 Å². The minimum absolute atomic E-state index is 0.734. The van der Waals surface area contributed by atoms with E-state index in [4.69, 9.17) is 17.2 Å². The first kappa shape index (κ1) is 37.3. The van der Waals surface area contributed by atoms with Gasteiger partial charge in [0, 0.05) is 18.1 Å². The van der Waals surface area contributed by atoms with Crippen LogP contribution in [0.4, 0.5) is 0 Å². The maximum atomic E-state index is 6.34. The standard InChI is InChI=1S/C55H48N4/c1-36(30-46(35-58)59-52(28-29-56)37(2)47-18-9-10-21-53(47)59)45(34-57)17-11-12-38-22-27-50-51(31-38)55(44-26-24-40-14-4-6-16-42(40)33-44)49-20-8-7-19-48(49)54(50)43-25-23-39-13-3-5-15-41(39)32-43/h3-9,11,13-20,22-35H,10,12,21,56-58H2,1-2H3/b17-11-,29-28-,36-30+,45-34+,46-35+. The number of benzene rings is 7. The van der Waals surface area contributed by atoms with Crippen molar-refractivity contribution in [2.24, 2.45) is 17.2 Å². The van der Waals surface area contributed by atoms with Crippen LogP contribution in [0, 0.1) is 6.92 Å². The van der Waals surface area contributed by atoms with E-state index in [0.717, 1.165) is 41.8 Å². The molecule has 1 aliphatic rings. The Morgan fingerprint density at radius 3 is 1.90 bits per heavy atom. The van der Waals surface area contributed by atoms with Crippen LogP contribution < -0.4 is 17.2 Å². The number of fused-ring (bicyclic) bond motifs is 5. The molecule has 4 heteroatoms. The van der Waals surface area contributed by atoms with Crippen LogP contribution in [0.15, 0.2) is 181 Å². The second-order valence-electron chi connectivity index (χ2n) is 15.5. The summed E-state index contributed by atoms with van der Waals surface area (Å²) >= 11 is 0. The average molecular weight is 765 g/mol. The Labute approximate surface area is 346 Å². The monoisotopic (exact) mass is 764 g/mol. The fourth-order valence-electron chi connectivity index (χ4n) is 9.06. The van der Waals surface area contributed by atoms with Gasteiger partial charge in [-0.15, -0.1) is 0 Å². The molecular weight excluding hydrogens is 717 g/mol. The lowest BCUT2D eigenvalue weighted by Crippen LogP contribution is -2.07. The van der Waals surface area contributed by atoms with E-state index in [1.807, 2.05) is 6.08 Å². The summed E-state index contributed by atoms with van der Waals surface area (Å²) in [6, 6.07) is 46.8. The molecule has 9 rings (SSSR count). The molecule has 0 amide bonds. The molecule has 6 N–H and O–H groups in total. The normalized spacial score (nSPS) is 13.8. The van der Waals surface area contributed by atoms with Gasteiger partial charge >= 0.3 is 0 Å². The van der Waals surface area contributed by atoms with E-state index < -0.39 is 0 Å². The number of nitrogens with two attached hydrogens (primary N) is 3. The third-order valence-electron chi connectivity index (χ3n) is 11.9. The van der Waals surface area contributed by atoms with Crippen LogP contribution in [0.25, 0.3) is 83.2 Å². The summed E-state index contributed by atoms with van der Waals surface area (Å²) in [5.74, 6) is 0. The van der Waals surface area contributed by atoms with E-state index in [1.54, 1.807) is 18.6 Å². The SMILES string of the molecule is CC(=C\C(=C/N)n1c(/C=C\N)c(C)c2c1CCC=C2)/C(/C=C\Cc1ccc2c(-c3ccc4ccccc4c3)c3ccccc3c(-c3ccc4ccccc4c3)c2c1)=C/N. The Morgan fingerprint density at radius 2 is 1.27 bits per heavy atom. The summed E-state index contributed by atoms with van der Waals surface area (Å²) in [6.45, 7) is 4.22. The minimum atomic E-state index is 0.734. The van der Waals surface area contributed by atoms with Crippen LogP contribution in [-0.4, -0.2) is 4.57 Å². The van der Waals surface area contributed by atoms with Crippen molar-refractivity contribution in [3.05, 3.63) is 210 Å². The van der Waals surface area contributed by atoms with E-state index in [0.29, 0.717) is 0 Å². The van der Waals surface area contributed by atoms with Gasteiger partial charge in [0.15, 0.2) is 0 Å². The Hall–Kier alpha value is -7.30. The molecule has 0 saturated carbocycles. The number of aromatic nitrogens is 1. The molecule has 1 aliphatic carbocycles. The van der Waals surface area contributed by atoms with Crippen LogP contribution in [0.2, 0.25) is 0 Å². The van der Waals surface area contributed by atoms with Gasteiger partial charge in [0.05, 0.1) is 11.4 Å². The van der Waals surface area contributed by atoms with Gasteiger partial charge in [-0.2, -0.15) is 0 Å². The molecule has 59 heavy (non-hydrogen) atoms. The number of hydrogen-bond donors (Lipinski definition) is 3. The quantitative estimate of drug-likeness (QED) is 0.101. The number of rotatable bonds is 9. The molecule has 0 fully saturated rings. The molecule has 7 aromatic carbocycles. The first-order valence-electron chi connectivity index (χ1n) is 20.4. The zero-order chi connectivity index (χ0) is 40.5. The average Bonchev–Trinajstić information content (AvgIpc) is 3.55. The lowest BCUT2D eigenvalue weighted by atomic mass is 9.84. The maximum Gasteiger partial charge on any atom is 0.0616 e. The molecular formula is C55H48N4. The predicted molar refractivity (Wildman–Crippen MR) is 254 cm³/mol. The Bertz CT molecular complexity index is 3130. The fraction of sp³-hybridized carbons (Fsp3) is 0.0909. The lowest BCUT2D eigenvalue weighted by molar-refractivity contribution is 0.882. The van der Waals surface area contributed by atoms with Gasteiger partial charge in [-0.25, -0.2) is 0 Å². The Morgan fingerprint density at radius 1 is 0.661 bits per heavy atom. The van der Waals surface area contributed by atoms with Gasteiger partial charge in [0.1, 0.15) is 0 Å². The van der Waals surface area contributed by atoms with Gasteiger partial charge in [-0.05, 0) is 157 Å². The Balaban J connectivity index is 1.13. The van der Waals surface area contributed by atoms with E-state index in [2.05, 4.69) is 176 Å². The second kappa shape index (κ2) is 15.9. The van der Waals surface area contributed by atoms with Crippen molar-refractivity contribution < 1.29 is 0 Å². The highest BCUT2D eigenvalue weighted by Gasteiger charge is 2.21. The van der Waals surface area contributed by atoms with Gasteiger partial charge in [0.2, 0.25) is 0 Å². The van der Waals surface area contributed by atoms with Crippen molar-refractivity contribution in [3.63, 3.8) is 0 Å². The molecule has 0 aliphatic heterocycles. The molecule has 0 unspecified atom stereocenters.